The fraction of sp³-hybridized carbons (Fsp3) is 0. The van der Waals surface area contributed by atoms with Crippen molar-refractivity contribution in [3.63, 3.8) is 0 Å². The van der Waals surface area contributed by atoms with E-state index in [1.165, 1.54) is 18.5 Å². The van der Waals surface area contributed by atoms with Crippen molar-refractivity contribution in [1.82, 2.24) is 15.0 Å². The Morgan fingerprint density at radius 2 is 1.95 bits per heavy atom. The molecule has 0 amide bonds. The minimum atomic E-state index is -3.85. The van der Waals surface area contributed by atoms with E-state index in [-0.39, 0.29) is 20.9 Å². The molecule has 6 nitrogen and oxygen atoms in total. The molecule has 2 heterocycles. The first-order chi connectivity index (χ1) is 8.90. The van der Waals surface area contributed by atoms with Crippen molar-refractivity contribution >= 4 is 55.0 Å². The van der Waals surface area contributed by atoms with Crippen molar-refractivity contribution in [1.29, 1.82) is 0 Å². The zero-order chi connectivity index (χ0) is 14.0. The second-order valence-corrected chi connectivity index (χ2v) is 6.61. The number of rotatable bonds is 3. The molecule has 0 fully saturated rings. The van der Waals surface area contributed by atoms with Crippen LogP contribution in [0.25, 0.3) is 0 Å². The van der Waals surface area contributed by atoms with Crippen molar-refractivity contribution in [2.75, 3.05) is 4.72 Å². The predicted molar refractivity (Wildman–Crippen MR) is 74.8 cm³/mol. The topological polar surface area (TPSA) is 84.8 Å². The Morgan fingerprint density at radius 1 is 1.21 bits per heavy atom. The number of hydrogen-bond acceptors (Lipinski definition) is 5. The predicted octanol–water partition coefficient (Wildman–Crippen LogP) is 2.74. The molecule has 0 aliphatic carbocycles. The Balaban J connectivity index is 2.39. The Hall–Kier alpha value is -0.960. The highest BCUT2D eigenvalue weighted by Crippen LogP contribution is 2.27. The van der Waals surface area contributed by atoms with E-state index in [4.69, 9.17) is 23.2 Å². The van der Waals surface area contributed by atoms with Crippen LogP contribution in [0.15, 0.2) is 34.2 Å². The molecule has 19 heavy (non-hydrogen) atoms. The quantitative estimate of drug-likeness (QED) is 0.823. The highest BCUT2D eigenvalue weighted by Gasteiger charge is 2.18. The first-order valence-electron chi connectivity index (χ1n) is 4.69. The third-order valence-corrected chi connectivity index (χ3v) is 4.45. The van der Waals surface area contributed by atoms with Gasteiger partial charge in [0.2, 0.25) is 0 Å². The average molecular weight is 384 g/mol. The van der Waals surface area contributed by atoms with E-state index in [0.717, 1.165) is 6.33 Å². The maximum atomic E-state index is 12.1. The van der Waals surface area contributed by atoms with Crippen LogP contribution >= 0.6 is 39.1 Å². The number of pyridine rings is 1. The lowest BCUT2D eigenvalue weighted by molar-refractivity contribution is 0.600. The molecule has 2 aromatic heterocycles. The molecule has 1 N–H and O–H groups in total. The number of nitrogens with one attached hydrogen (secondary N) is 1. The van der Waals surface area contributed by atoms with E-state index in [9.17, 15) is 8.42 Å². The molecule has 0 atom stereocenters. The number of halogens is 3. The van der Waals surface area contributed by atoms with Gasteiger partial charge < -0.3 is 0 Å². The van der Waals surface area contributed by atoms with Gasteiger partial charge in [-0.2, -0.15) is 0 Å². The first kappa shape index (κ1) is 14.4. The summed E-state index contributed by atoms with van der Waals surface area (Å²) < 4.78 is 26.9. The molecule has 0 unspecified atom stereocenters. The smallest absolute Gasteiger partial charge is 0.262 e. The Morgan fingerprint density at radius 3 is 2.63 bits per heavy atom. The SMILES string of the molecule is O=S(=O)(Nc1ncnc(Cl)c1Cl)c1cncc(Br)c1. The summed E-state index contributed by atoms with van der Waals surface area (Å²) in [4.78, 5) is 11.1. The molecule has 0 spiro atoms. The minimum Gasteiger partial charge on any atom is -0.262 e. The normalized spacial score (nSPS) is 11.3. The van der Waals surface area contributed by atoms with Crippen LogP contribution in [0.3, 0.4) is 0 Å². The van der Waals surface area contributed by atoms with Gasteiger partial charge in [0.05, 0.1) is 0 Å². The fourth-order valence-corrected chi connectivity index (χ4v) is 3.00. The second kappa shape index (κ2) is 5.58. The Kier molecular flexibility index (Phi) is 4.24. The zero-order valence-corrected chi connectivity index (χ0v) is 12.9. The molecule has 2 aromatic rings. The number of nitrogens with zero attached hydrogens (tertiary/aromatic N) is 3. The van der Waals surface area contributed by atoms with E-state index in [1.54, 1.807) is 0 Å². The monoisotopic (exact) mass is 382 g/mol. The summed E-state index contributed by atoms with van der Waals surface area (Å²) in [6, 6.07) is 1.39. The van der Waals surface area contributed by atoms with Crippen LogP contribution in [0.1, 0.15) is 0 Å². The molecular weight excluding hydrogens is 379 g/mol. The number of aromatic nitrogens is 3. The molecule has 10 heteroatoms. The molecule has 0 aromatic carbocycles. The van der Waals surface area contributed by atoms with Gasteiger partial charge in [-0.1, -0.05) is 23.2 Å². The second-order valence-electron chi connectivity index (χ2n) is 3.27. The standard InChI is InChI=1S/C9H5BrCl2N4O2S/c10-5-1-6(3-13-2-5)19(17,18)16-9-7(11)8(12)14-4-15-9/h1-4H,(H,14,15,16). The molecule has 0 saturated heterocycles. The summed E-state index contributed by atoms with van der Waals surface area (Å²) >= 11 is 14.6. The molecule has 0 saturated carbocycles. The molecule has 2 rings (SSSR count). The molecule has 0 aliphatic heterocycles. The van der Waals surface area contributed by atoms with Gasteiger partial charge in [0, 0.05) is 16.9 Å². The van der Waals surface area contributed by atoms with Gasteiger partial charge in [-0.25, -0.2) is 18.4 Å². The molecular formula is C9H5BrCl2N4O2S. The van der Waals surface area contributed by atoms with Gasteiger partial charge in [0.1, 0.15) is 16.2 Å². The average Bonchev–Trinajstić information content (AvgIpc) is 2.35. The van der Waals surface area contributed by atoms with Gasteiger partial charge in [-0.05, 0) is 22.0 Å². The summed E-state index contributed by atoms with van der Waals surface area (Å²) in [5.41, 5.74) is 0. The number of hydrogen-bond donors (Lipinski definition) is 1. The van der Waals surface area contributed by atoms with E-state index < -0.39 is 10.0 Å². The van der Waals surface area contributed by atoms with Crippen molar-refractivity contribution < 1.29 is 8.42 Å². The highest BCUT2D eigenvalue weighted by atomic mass is 79.9. The summed E-state index contributed by atoms with van der Waals surface area (Å²) in [6.45, 7) is 0. The van der Waals surface area contributed by atoms with Crippen LogP contribution in [-0.2, 0) is 10.0 Å². The molecule has 0 aliphatic rings. The Labute approximate surface area is 127 Å². The lowest BCUT2D eigenvalue weighted by Crippen LogP contribution is -2.14. The van der Waals surface area contributed by atoms with Gasteiger partial charge in [0.15, 0.2) is 11.0 Å². The third kappa shape index (κ3) is 3.33. The fourth-order valence-electron chi connectivity index (χ4n) is 1.15. The summed E-state index contributed by atoms with van der Waals surface area (Å²) in [7, 11) is -3.85. The van der Waals surface area contributed by atoms with E-state index in [0.29, 0.717) is 4.47 Å². The van der Waals surface area contributed by atoms with Crippen LogP contribution in [0.2, 0.25) is 10.2 Å². The molecule has 100 valence electrons. The lowest BCUT2D eigenvalue weighted by Gasteiger charge is -2.08. The van der Waals surface area contributed by atoms with Crippen LogP contribution < -0.4 is 4.72 Å². The summed E-state index contributed by atoms with van der Waals surface area (Å²) in [5.74, 6) is -0.0957. The number of sulfonamides is 1. The van der Waals surface area contributed by atoms with Crippen LogP contribution in [-0.4, -0.2) is 23.4 Å². The van der Waals surface area contributed by atoms with Gasteiger partial charge in [-0.15, -0.1) is 0 Å². The van der Waals surface area contributed by atoms with Crippen molar-refractivity contribution in [3.05, 3.63) is 39.4 Å². The maximum Gasteiger partial charge on any atom is 0.264 e. The summed E-state index contributed by atoms with van der Waals surface area (Å²) in [5, 5.41) is -0.113. The zero-order valence-electron chi connectivity index (χ0n) is 9.01. The minimum absolute atomic E-state index is 0.0346. The summed E-state index contributed by atoms with van der Waals surface area (Å²) in [6.07, 6.45) is 3.77. The maximum absolute atomic E-state index is 12.1. The van der Waals surface area contributed by atoms with Crippen LogP contribution in [0.4, 0.5) is 5.82 Å². The van der Waals surface area contributed by atoms with Crippen molar-refractivity contribution in [3.8, 4) is 0 Å². The Bertz CT molecular complexity index is 726. The molecule has 0 radical (unpaired) electrons. The highest BCUT2D eigenvalue weighted by molar-refractivity contribution is 9.10. The van der Waals surface area contributed by atoms with E-state index >= 15 is 0 Å². The van der Waals surface area contributed by atoms with Crippen molar-refractivity contribution in [2.24, 2.45) is 0 Å². The largest absolute Gasteiger partial charge is 0.264 e. The van der Waals surface area contributed by atoms with Crippen LogP contribution in [0.5, 0.6) is 0 Å². The van der Waals surface area contributed by atoms with Gasteiger partial charge >= 0.3 is 0 Å². The first-order valence-corrected chi connectivity index (χ1v) is 7.73. The number of anilines is 1. The van der Waals surface area contributed by atoms with Gasteiger partial charge in [-0.3, -0.25) is 9.71 Å². The van der Waals surface area contributed by atoms with Crippen LogP contribution in [0, 0.1) is 0 Å². The lowest BCUT2D eigenvalue weighted by atomic mass is 10.5. The van der Waals surface area contributed by atoms with Crippen molar-refractivity contribution in [2.45, 2.75) is 4.90 Å². The van der Waals surface area contributed by atoms with E-state index in [2.05, 4.69) is 35.6 Å². The van der Waals surface area contributed by atoms with Gasteiger partial charge in [0.25, 0.3) is 10.0 Å². The van der Waals surface area contributed by atoms with E-state index in [1.807, 2.05) is 0 Å². The molecule has 0 bridgehead atoms. The third-order valence-electron chi connectivity index (χ3n) is 1.97.